The average molecular weight is 346 g/mol. The number of hydrogen-bond donors (Lipinski definition) is 0. The van der Waals surface area contributed by atoms with E-state index in [0.29, 0.717) is 4.90 Å². The van der Waals surface area contributed by atoms with Gasteiger partial charge >= 0.3 is 5.97 Å². The first-order valence-electron chi connectivity index (χ1n) is 7.65. The van der Waals surface area contributed by atoms with E-state index in [1.807, 2.05) is 6.07 Å². The van der Waals surface area contributed by atoms with Gasteiger partial charge in [0.05, 0.1) is 6.42 Å². The zero-order valence-corrected chi connectivity index (χ0v) is 13.9. The largest absolute Gasteiger partial charge is 0.461 e. The third-order valence-corrected chi connectivity index (χ3v) is 3.75. The maximum absolute atomic E-state index is 12.4. The molecule has 0 bridgehead atoms. The van der Waals surface area contributed by atoms with E-state index < -0.39 is 48.6 Å². The summed E-state index contributed by atoms with van der Waals surface area (Å²) in [6, 6.07) is 7.55. The van der Waals surface area contributed by atoms with Crippen LogP contribution in [0.1, 0.15) is 25.8 Å². The molecule has 0 aromatic heterocycles. The number of piperazine rings is 1. The van der Waals surface area contributed by atoms with Gasteiger partial charge in [-0.1, -0.05) is 30.3 Å². The molecule has 0 radical (unpaired) electrons. The van der Waals surface area contributed by atoms with Crippen molar-refractivity contribution < 1.29 is 28.7 Å². The van der Waals surface area contributed by atoms with Crippen molar-refractivity contribution in [3.63, 3.8) is 0 Å². The summed E-state index contributed by atoms with van der Waals surface area (Å²) in [5.74, 6) is -3.50. The molecule has 0 aliphatic carbocycles. The van der Waals surface area contributed by atoms with Gasteiger partial charge < -0.3 is 4.74 Å². The third-order valence-electron chi connectivity index (χ3n) is 3.75. The first kappa shape index (κ1) is 18.3. The molecule has 1 fully saturated rings. The lowest BCUT2D eigenvalue weighted by atomic mass is 10.1. The SMILES string of the molecule is CC(=O)N1CC(=O)N(C(C)=O)[C@@H](CC(=O)OCc2ccccc2)C1=O. The summed E-state index contributed by atoms with van der Waals surface area (Å²) in [4.78, 5) is 61.2. The number of nitrogens with zero attached hydrogens (tertiary/aromatic N) is 2. The number of rotatable bonds is 4. The summed E-state index contributed by atoms with van der Waals surface area (Å²) in [6.45, 7) is 1.75. The number of ether oxygens (including phenoxy) is 1. The van der Waals surface area contributed by atoms with Crippen molar-refractivity contribution in [1.29, 1.82) is 0 Å². The second-order valence-electron chi connectivity index (χ2n) is 5.59. The average Bonchev–Trinajstić information content (AvgIpc) is 2.56. The van der Waals surface area contributed by atoms with E-state index in [0.717, 1.165) is 24.3 Å². The molecule has 2 rings (SSSR count). The van der Waals surface area contributed by atoms with Crippen LogP contribution in [0.3, 0.4) is 0 Å². The minimum atomic E-state index is -1.37. The second kappa shape index (κ2) is 7.69. The van der Waals surface area contributed by atoms with Gasteiger partial charge in [0.15, 0.2) is 0 Å². The van der Waals surface area contributed by atoms with E-state index >= 15 is 0 Å². The van der Waals surface area contributed by atoms with Crippen molar-refractivity contribution in [3.8, 4) is 0 Å². The van der Waals surface area contributed by atoms with Gasteiger partial charge in [-0.15, -0.1) is 0 Å². The maximum atomic E-state index is 12.4. The van der Waals surface area contributed by atoms with E-state index in [2.05, 4.69) is 0 Å². The van der Waals surface area contributed by atoms with Gasteiger partial charge in [0.25, 0.3) is 5.91 Å². The molecule has 1 aromatic carbocycles. The fraction of sp³-hybridized carbons (Fsp3) is 0.353. The van der Waals surface area contributed by atoms with Crippen molar-refractivity contribution in [2.45, 2.75) is 32.9 Å². The Balaban J connectivity index is 2.10. The van der Waals surface area contributed by atoms with Crippen molar-refractivity contribution in [2.24, 2.45) is 0 Å². The number of amides is 4. The molecule has 25 heavy (non-hydrogen) atoms. The van der Waals surface area contributed by atoms with Crippen LogP contribution in [0.15, 0.2) is 30.3 Å². The fourth-order valence-electron chi connectivity index (χ4n) is 2.55. The molecule has 1 heterocycles. The lowest BCUT2D eigenvalue weighted by Gasteiger charge is -2.36. The smallest absolute Gasteiger partial charge is 0.308 e. The van der Waals surface area contributed by atoms with Crippen LogP contribution in [-0.2, 0) is 35.3 Å². The Hall–Kier alpha value is -3.03. The minimum absolute atomic E-state index is 0.00498. The molecule has 1 saturated heterocycles. The van der Waals surface area contributed by atoms with Crippen LogP contribution in [0.5, 0.6) is 0 Å². The van der Waals surface area contributed by atoms with Crippen molar-refractivity contribution in [3.05, 3.63) is 35.9 Å². The van der Waals surface area contributed by atoms with Crippen LogP contribution in [0.4, 0.5) is 0 Å². The highest BCUT2D eigenvalue weighted by atomic mass is 16.5. The van der Waals surface area contributed by atoms with E-state index in [-0.39, 0.29) is 6.61 Å². The zero-order chi connectivity index (χ0) is 18.6. The normalized spacial score (nSPS) is 17.4. The standard InChI is InChI=1S/C17H18N2O6/c1-11(20)18-9-15(22)19(12(2)21)14(17(18)24)8-16(23)25-10-13-6-4-3-5-7-13/h3-7,14H,8-10H2,1-2H3/t14-/m0/s1. The first-order chi connectivity index (χ1) is 11.8. The Kier molecular flexibility index (Phi) is 5.63. The molecule has 1 aromatic rings. The quantitative estimate of drug-likeness (QED) is 0.725. The number of carbonyl (C=O) groups excluding carboxylic acids is 5. The minimum Gasteiger partial charge on any atom is -0.461 e. The molecule has 8 nitrogen and oxygen atoms in total. The van der Waals surface area contributed by atoms with Gasteiger partial charge in [0.1, 0.15) is 19.2 Å². The summed E-state index contributed by atoms with van der Waals surface area (Å²) in [5, 5.41) is 0. The molecule has 0 N–H and O–H groups in total. The van der Waals surface area contributed by atoms with Crippen LogP contribution in [-0.4, -0.2) is 52.0 Å². The Bertz CT molecular complexity index is 715. The molecule has 0 spiro atoms. The highest BCUT2D eigenvalue weighted by molar-refractivity contribution is 6.10. The molecule has 4 amide bonds. The Labute approximate surface area is 144 Å². The maximum Gasteiger partial charge on any atom is 0.308 e. The van der Waals surface area contributed by atoms with Crippen molar-refractivity contribution in [2.75, 3.05) is 6.54 Å². The summed E-state index contributed by atoms with van der Waals surface area (Å²) >= 11 is 0. The molecular formula is C17H18N2O6. The molecule has 8 heteroatoms. The topological polar surface area (TPSA) is 101 Å². The van der Waals surface area contributed by atoms with Gasteiger partial charge in [-0.3, -0.25) is 33.8 Å². The van der Waals surface area contributed by atoms with Gasteiger partial charge in [-0.05, 0) is 5.56 Å². The van der Waals surface area contributed by atoms with Crippen molar-refractivity contribution >= 4 is 29.6 Å². The van der Waals surface area contributed by atoms with Crippen molar-refractivity contribution in [1.82, 2.24) is 9.80 Å². The number of hydrogen-bond acceptors (Lipinski definition) is 6. The van der Waals surface area contributed by atoms with Crippen LogP contribution >= 0.6 is 0 Å². The van der Waals surface area contributed by atoms with E-state index in [1.54, 1.807) is 24.3 Å². The van der Waals surface area contributed by atoms with Gasteiger partial charge in [0, 0.05) is 13.8 Å². The monoisotopic (exact) mass is 346 g/mol. The molecule has 0 saturated carbocycles. The summed E-state index contributed by atoms with van der Waals surface area (Å²) in [6.07, 6.45) is -0.499. The number of imide groups is 2. The zero-order valence-electron chi connectivity index (χ0n) is 13.9. The molecule has 1 aliphatic heterocycles. The Morgan fingerprint density at radius 2 is 1.72 bits per heavy atom. The highest BCUT2D eigenvalue weighted by Gasteiger charge is 2.44. The first-order valence-corrected chi connectivity index (χ1v) is 7.65. The number of esters is 1. The van der Waals surface area contributed by atoms with E-state index in [1.165, 1.54) is 0 Å². The van der Waals surface area contributed by atoms with E-state index in [9.17, 15) is 24.0 Å². The molecule has 1 aliphatic rings. The number of benzene rings is 1. The van der Waals surface area contributed by atoms with Crippen LogP contribution in [0, 0.1) is 0 Å². The van der Waals surface area contributed by atoms with Crippen LogP contribution in [0.2, 0.25) is 0 Å². The van der Waals surface area contributed by atoms with Crippen LogP contribution in [0.25, 0.3) is 0 Å². The van der Waals surface area contributed by atoms with Gasteiger partial charge in [-0.25, -0.2) is 0 Å². The summed E-state index contributed by atoms with van der Waals surface area (Å²) in [7, 11) is 0. The fourth-order valence-corrected chi connectivity index (χ4v) is 2.55. The predicted octanol–water partition coefficient (Wildman–Crippen LogP) is 0.252. The Morgan fingerprint density at radius 1 is 1.08 bits per heavy atom. The summed E-state index contributed by atoms with van der Waals surface area (Å²) < 4.78 is 5.09. The molecule has 132 valence electrons. The van der Waals surface area contributed by atoms with E-state index in [4.69, 9.17) is 4.74 Å². The predicted molar refractivity (Wildman–Crippen MR) is 84.6 cm³/mol. The molecular weight excluding hydrogens is 328 g/mol. The Morgan fingerprint density at radius 3 is 2.28 bits per heavy atom. The highest BCUT2D eigenvalue weighted by Crippen LogP contribution is 2.17. The second-order valence-corrected chi connectivity index (χ2v) is 5.59. The van der Waals surface area contributed by atoms with Crippen LogP contribution < -0.4 is 0 Å². The molecule has 0 unspecified atom stereocenters. The third kappa shape index (κ3) is 4.28. The lowest BCUT2D eigenvalue weighted by Crippen LogP contribution is -2.62. The summed E-state index contributed by atoms with van der Waals surface area (Å²) in [5.41, 5.74) is 0.760. The van der Waals surface area contributed by atoms with Gasteiger partial charge in [-0.2, -0.15) is 0 Å². The molecule has 1 atom stereocenters. The lowest BCUT2D eigenvalue weighted by molar-refractivity contribution is -0.168. The number of carbonyl (C=O) groups is 5. The van der Waals surface area contributed by atoms with Gasteiger partial charge in [0.2, 0.25) is 17.7 Å².